The molecule has 0 saturated heterocycles. The summed E-state index contributed by atoms with van der Waals surface area (Å²) in [5.74, 6) is -2.29. The Balaban J connectivity index is 3.41. The highest BCUT2D eigenvalue weighted by molar-refractivity contribution is 7.89. The SMILES string of the molecule is CCN(CC)S(=O)(=O)c1ccc(F)c(C(=O)N(CC(C)(C)C)CC(F)(F)F)c1. The predicted octanol–water partition coefficient (Wildman–Crippen LogP) is 3.91. The molecule has 0 aliphatic carbocycles. The quantitative estimate of drug-likeness (QED) is 0.622. The van der Waals surface area contributed by atoms with E-state index in [1.807, 2.05) is 0 Å². The third-order valence-electron chi connectivity index (χ3n) is 3.83. The summed E-state index contributed by atoms with van der Waals surface area (Å²) < 4.78 is 79.4. The van der Waals surface area contributed by atoms with Gasteiger partial charge in [0.05, 0.1) is 10.5 Å². The summed E-state index contributed by atoms with van der Waals surface area (Å²) in [6, 6.07) is 2.58. The minimum absolute atomic E-state index is 0.156. The third-order valence-corrected chi connectivity index (χ3v) is 5.88. The molecule has 10 heteroatoms. The molecular formula is C18H26F4N2O3S. The van der Waals surface area contributed by atoms with E-state index in [9.17, 15) is 30.8 Å². The van der Waals surface area contributed by atoms with Crippen LogP contribution in [-0.4, -0.2) is 55.9 Å². The molecule has 0 fully saturated rings. The van der Waals surface area contributed by atoms with Gasteiger partial charge < -0.3 is 4.90 Å². The highest BCUT2D eigenvalue weighted by Gasteiger charge is 2.36. The first-order valence-corrected chi connectivity index (χ1v) is 10.2. The maximum absolute atomic E-state index is 14.3. The lowest BCUT2D eigenvalue weighted by atomic mass is 9.95. The van der Waals surface area contributed by atoms with E-state index in [0.717, 1.165) is 22.5 Å². The summed E-state index contributed by atoms with van der Waals surface area (Å²) in [5, 5.41) is 0. The van der Waals surface area contributed by atoms with Crippen molar-refractivity contribution < 1.29 is 30.8 Å². The van der Waals surface area contributed by atoms with Crippen molar-refractivity contribution in [2.45, 2.75) is 45.7 Å². The first-order chi connectivity index (χ1) is 12.6. The van der Waals surface area contributed by atoms with Crippen LogP contribution in [0.3, 0.4) is 0 Å². The van der Waals surface area contributed by atoms with E-state index in [1.54, 1.807) is 34.6 Å². The Morgan fingerprint density at radius 1 is 1.04 bits per heavy atom. The van der Waals surface area contributed by atoms with E-state index in [4.69, 9.17) is 0 Å². The van der Waals surface area contributed by atoms with Gasteiger partial charge in [0.25, 0.3) is 5.91 Å². The normalized spacial score (nSPS) is 13.1. The smallest absolute Gasteiger partial charge is 0.329 e. The zero-order valence-electron chi connectivity index (χ0n) is 16.6. The molecular weight excluding hydrogens is 400 g/mol. The molecule has 1 aromatic rings. The van der Waals surface area contributed by atoms with Crippen LogP contribution in [0.15, 0.2) is 23.1 Å². The first-order valence-electron chi connectivity index (χ1n) is 8.78. The monoisotopic (exact) mass is 426 g/mol. The molecule has 0 aliphatic heterocycles. The number of carbonyl (C=O) groups excluding carboxylic acids is 1. The highest BCUT2D eigenvalue weighted by Crippen LogP contribution is 2.25. The Morgan fingerprint density at radius 2 is 1.57 bits per heavy atom. The molecule has 0 atom stereocenters. The molecule has 0 saturated carbocycles. The fourth-order valence-electron chi connectivity index (χ4n) is 2.70. The van der Waals surface area contributed by atoms with E-state index in [-0.39, 0.29) is 24.5 Å². The standard InChI is InChI=1S/C18H26F4N2O3S/c1-6-24(7-2)28(26,27)13-8-9-15(19)14(10-13)16(25)23(11-17(3,4)5)12-18(20,21)22/h8-10H,6-7,11-12H2,1-5H3. The minimum Gasteiger partial charge on any atom is -0.329 e. The Labute approximate surface area is 163 Å². The number of alkyl halides is 3. The second kappa shape index (κ2) is 8.77. The molecule has 0 heterocycles. The molecule has 160 valence electrons. The zero-order valence-corrected chi connectivity index (χ0v) is 17.4. The minimum atomic E-state index is -4.68. The molecule has 1 amide bonds. The summed E-state index contributed by atoms with van der Waals surface area (Å²) in [6.07, 6.45) is -4.68. The van der Waals surface area contributed by atoms with Gasteiger partial charge in [-0.1, -0.05) is 34.6 Å². The summed E-state index contributed by atoms with van der Waals surface area (Å²) in [7, 11) is -4.00. The van der Waals surface area contributed by atoms with Gasteiger partial charge in [-0.2, -0.15) is 17.5 Å². The second-order valence-corrected chi connectivity index (χ2v) is 9.51. The van der Waals surface area contributed by atoms with E-state index in [1.165, 1.54) is 0 Å². The number of benzene rings is 1. The van der Waals surface area contributed by atoms with Crippen molar-refractivity contribution in [3.05, 3.63) is 29.6 Å². The Kier molecular flexibility index (Phi) is 7.63. The predicted molar refractivity (Wildman–Crippen MR) is 97.9 cm³/mol. The van der Waals surface area contributed by atoms with Gasteiger partial charge in [0.2, 0.25) is 10.0 Å². The molecule has 1 aromatic carbocycles. The molecule has 0 bridgehead atoms. The summed E-state index contributed by atoms with van der Waals surface area (Å²) in [4.78, 5) is 12.8. The van der Waals surface area contributed by atoms with Crippen LogP contribution in [0.2, 0.25) is 0 Å². The highest BCUT2D eigenvalue weighted by atomic mass is 32.2. The molecule has 0 N–H and O–H groups in total. The van der Waals surface area contributed by atoms with Crippen LogP contribution in [-0.2, 0) is 10.0 Å². The largest absolute Gasteiger partial charge is 0.406 e. The number of hydrogen-bond donors (Lipinski definition) is 0. The van der Waals surface area contributed by atoms with Crippen LogP contribution in [0.25, 0.3) is 0 Å². The van der Waals surface area contributed by atoms with Gasteiger partial charge in [-0.05, 0) is 23.6 Å². The van der Waals surface area contributed by atoms with Crippen molar-refractivity contribution >= 4 is 15.9 Å². The van der Waals surface area contributed by atoms with Gasteiger partial charge in [-0.25, -0.2) is 12.8 Å². The summed E-state index contributed by atoms with van der Waals surface area (Å²) in [5.41, 5.74) is -1.39. The van der Waals surface area contributed by atoms with E-state index in [2.05, 4.69) is 0 Å². The molecule has 0 spiro atoms. The number of carbonyl (C=O) groups is 1. The maximum Gasteiger partial charge on any atom is 0.406 e. The number of rotatable bonds is 7. The average Bonchev–Trinajstić information content (AvgIpc) is 2.52. The number of amides is 1. The van der Waals surface area contributed by atoms with Crippen LogP contribution >= 0.6 is 0 Å². The Hall–Kier alpha value is -1.68. The van der Waals surface area contributed by atoms with Crippen LogP contribution in [0.1, 0.15) is 45.0 Å². The lowest BCUT2D eigenvalue weighted by Gasteiger charge is -2.31. The van der Waals surface area contributed by atoms with E-state index in [0.29, 0.717) is 4.90 Å². The van der Waals surface area contributed by atoms with Crippen molar-refractivity contribution in [3.8, 4) is 0 Å². The van der Waals surface area contributed by atoms with E-state index < -0.39 is 45.4 Å². The number of hydrogen-bond acceptors (Lipinski definition) is 3. The van der Waals surface area contributed by atoms with Crippen molar-refractivity contribution in [2.24, 2.45) is 5.41 Å². The van der Waals surface area contributed by atoms with Gasteiger partial charge in [0.1, 0.15) is 12.4 Å². The fraction of sp³-hybridized carbons (Fsp3) is 0.611. The molecule has 1 rings (SSSR count). The van der Waals surface area contributed by atoms with Gasteiger partial charge in [0, 0.05) is 19.6 Å². The molecule has 0 aromatic heterocycles. The lowest BCUT2D eigenvalue weighted by molar-refractivity contribution is -0.142. The first kappa shape index (κ1) is 24.4. The molecule has 28 heavy (non-hydrogen) atoms. The van der Waals surface area contributed by atoms with Gasteiger partial charge in [-0.15, -0.1) is 0 Å². The number of sulfonamides is 1. The van der Waals surface area contributed by atoms with Gasteiger partial charge >= 0.3 is 6.18 Å². The average molecular weight is 426 g/mol. The summed E-state index contributed by atoms with van der Waals surface area (Å²) in [6.45, 7) is 6.63. The maximum atomic E-state index is 14.3. The molecule has 0 aliphatic rings. The van der Waals surface area contributed by atoms with E-state index >= 15 is 0 Å². The fourth-order valence-corrected chi connectivity index (χ4v) is 4.18. The molecule has 0 radical (unpaired) electrons. The van der Waals surface area contributed by atoms with Crippen molar-refractivity contribution in [3.63, 3.8) is 0 Å². The van der Waals surface area contributed by atoms with Crippen LogP contribution in [0, 0.1) is 11.2 Å². The lowest BCUT2D eigenvalue weighted by Crippen LogP contribution is -2.43. The third kappa shape index (κ3) is 6.44. The van der Waals surface area contributed by atoms with Crippen LogP contribution < -0.4 is 0 Å². The van der Waals surface area contributed by atoms with Crippen LogP contribution in [0.5, 0.6) is 0 Å². The van der Waals surface area contributed by atoms with Crippen LogP contribution in [0.4, 0.5) is 17.6 Å². The number of nitrogens with zero attached hydrogens (tertiary/aromatic N) is 2. The Bertz CT molecular complexity index is 782. The summed E-state index contributed by atoms with van der Waals surface area (Å²) >= 11 is 0. The topological polar surface area (TPSA) is 57.7 Å². The number of halogens is 4. The zero-order chi connectivity index (χ0) is 21.9. The van der Waals surface area contributed by atoms with Gasteiger partial charge in [0.15, 0.2) is 0 Å². The second-order valence-electron chi connectivity index (χ2n) is 7.57. The Morgan fingerprint density at radius 3 is 2.00 bits per heavy atom. The molecule has 5 nitrogen and oxygen atoms in total. The van der Waals surface area contributed by atoms with Crippen molar-refractivity contribution in [1.29, 1.82) is 0 Å². The van der Waals surface area contributed by atoms with Crippen molar-refractivity contribution in [1.82, 2.24) is 9.21 Å². The van der Waals surface area contributed by atoms with Gasteiger partial charge in [-0.3, -0.25) is 4.79 Å². The molecule has 0 unspecified atom stereocenters. The van der Waals surface area contributed by atoms with Crippen molar-refractivity contribution in [2.75, 3.05) is 26.2 Å².